The standard InChI is InChI=1S/C19H14BrClN2O4S/c1-10-2-4-13(8-14(10)21)22-19-23-18(26)16(28-19)7-11-6-12(20)3-5-15(11)27-9-17(24)25/h2-8H,9H2,1H3,(H,24,25)(H,22,23,26). The molecule has 1 aliphatic heterocycles. The fraction of sp³-hybridized carbons (Fsp3) is 0.105. The van der Waals surface area contributed by atoms with Crippen LogP contribution in [0.3, 0.4) is 0 Å². The van der Waals surface area contributed by atoms with Crippen molar-refractivity contribution in [1.82, 2.24) is 5.32 Å². The van der Waals surface area contributed by atoms with Crippen LogP contribution < -0.4 is 10.1 Å². The molecule has 0 spiro atoms. The van der Waals surface area contributed by atoms with Gasteiger partial charge in [-0.1, -0.05) is 33.6 Å². The molecule has 28 heavy (non-hydrogen) atoms. The summed E-state index contributed by atoms with van der Waals surface area (Å²) in [6.07, 6.45) is 1.63. The van der Waals surface area contributed by atoms with Crippen LogP contribution in [0, 0.1) is 6.92 Å². The average molecular weight is 482 g/mol. The van der Waals surface area contributed by atoms with Gasteiger partial charge in [-0.05, 0) is 60.7 Å². The second-order valence-corrected chi connectivity index (χ2v) is 8.13. The van der Waals surface area contributed by atoms with E-state index in [0.717, 1.165) is 10.0 Å². The molecule has 2 aromatic rings. The molecule has 0 atom stereocenters. The van der Waals surface area contributed by atoms with Crippen LogP contribution in [-0.4, -0.2) is 28.8 Å². The summed E-state index contributed by atoms with van der Waals surface area (Å²) in [6, 6.07) is 10.5. The first-order valence-electron chi connectivity index (χ1n) is 8.02. The maximum atomic E-state index is 12.3. The Labute approximate surface area is 178 Å². The van der Waals surface area contributed by atoms with Gasteiger partial charge in [0.25, 0.3) is 5.91 Å². The molecule has 0 bridgehead atoms. The highest BCUT2D eigenvalue weighted by Crippen LogP contribution is 2.32. The van der Waals surface area contributed by atoms with Crippen molar-refractivity contribution < 1.29 is 19.4 Å². The van der Waals surface area contributed by atoms with Gasteiger partial charge >= 0.3 is 5.97 Å². The van der Waals surface area contributed by atoms with Gasteiger partial charge in [-0.3, -0.25) is 4.79 Å². The highest BCUT2D eigenvalue weighted by Gasteiger charge is 2.24. The molecule has 1 fully saturated rings. The summed E-state index contributed by atoms with van der Waals surface area (Å²) in [4.78, 5) is 27.9. The van der Waals surface area contributed by atoms with Crippen LogP contribution in [0.2, 0.25) is 5.02 Å². The summed E-state index contributed by atoms with van der Waals surface area (Å²) in [5.74, 6) is -1.02. The van der Waals surface area contributed by atoms with Crippen LogP contribution in [0.5, 0.6) is 5.75 Å². The lowest BCUT2D eigenvalue weighted by atomic mass is 10.2. The first kappa shape index (κ1) is 20.4. The molecule has 3 rings (SSSR count). The van der Waals surface area contributed by atoms with Crippen molar-refractivity contribution in [2.24, 2.45) is 4.99 Å². The highest BCUT2D eigenvalue weighted by molar-refractivity contribution is 9.10. The van der Waals surface area contributed by atoms with Crippen molar-refractivity contribution in [2.45, 2.75) is 6.92 Å². The molecular formula is C19H14BrClN2O4S. The predicted octanol–water partition coefficient (Wildman–Crippen LogP) is 4.77. The van der Waals surface area contributed by atoms with Gasteiger partial charge in [0.1, 0.15) is 5.75 Å². The molecule has 1 saturated heterocycles. The van der Waals surface area contributed by atoms with Crippen molar-refractivity contribution in [3.63, 3.8) is 0 Å². The van der Waals surface area contributed by atoms with Gasteiger partial charge in [0, 0.05) is 15.1 Å². The SMILES string of the molecule is Cc1ccc(N=C2NC(=O)C(=Cc3cc(Br)ccc3OCC(=O)O)S2)cc1Cl. The number of carboxylic acids is 1. The smallest absolute Gasteiger partial charge is 0.341 e. The first-order valence-corrected chi connectivity index (χ1v) is 10.0. The number of ether oxygens (including phenoxy) is 1. The Hall–Kier alpha value is -2.29. The fourth-order valence-corrected chi connectivity index (χ4v) is 3.68. The Morgan fingerprint density at radius 3 is 2.86 bits per heavy atom. The Kier molecular flexibility index (Phi) is 6.43. The molecule has 0 aliphatic carbocycles. The van der Waals surface area contributed by atoms with Crippen LogP contribution in [0.4, 0.5) is 5.69 Å². The number of aliphatic carboxylic acids is 1. The maximum Gasteiger partial charge on any atom is 0.341 e. The normalized spacial score (nSPS) is 16.5. The minimum atomic E-state index is -1.08. The zero-order valence-corrected chi connectivity index (χ0v) is 17.7. The third kappa shape index (κ3) is 5.15. The van der Waals surface area contributed by atoms with E-state index in [9.17, 15) is 9.59 Å². The second-order valence-electron chi connectivity index (χ2n) is 5.78. The first-order chi connectivity index (χ1) is 13.3. The van der Waals surface area contributed by atoms with E-state index < -0.39 is 12.6 Å². The third-order valence-electron chi connectivity index (χ3n) is 3.65. The molecule has 2 N–H and O–H groups in total. The molecule has 0 saturated carbocycles. The van der Waals surface area contributed by atoms with Crippen molar-refractivity contribution in [3.8, 4) is 5.75 Å². The van der Waals surface area contributed by atoms with Gasteiger partial charge in [0.2, 0.25) is 0 Å². The van der Waals surface area contributed by atoms with Crippen LogP contribution in [0.25, 0.3) is 6.08 Å². The second kappa shape index (κ2) is 8.81. The number of nitrogens with zero attached hydrogens (tertiary/aromatic N) is 1. The van der Waals surface area contributed by atoms with Gasteiger partial charge in [-0.25, -0.2) is 9.79 Å². The van der Waals surface area contributed by atoms with Crippen LogP contribution in [-0.2, 0) is 9.59 Å². The lowest BCUT2D eigenvalue weighted by Crippen LogP contribution is -2.19. The Balaban J connectivity index is 1.86. The van der Waals surface area contributed by atoms with Gasteiger partial charge in [0.15, 0.2) is 11.8 Å². The molecule has 9 heteroatoms. The topological polar surface area (TPSA) is 88.0 Å². The summed E-state index contributed by atoms with van der Waals surface area (Å²) in [7, 11) is 0. The van der Waals surface area contributed by atoms with Crippen molar-refractivity contribution >= 4 is 68.1 Å². The van der Waals surface area contributed by atoms with Gasteiger partial charge in [-0.2, -0.15) is 0 Å². The highest BCUT2D eigenvalue weighted by atomic mass is 79.9. The average Bonchev–Trinajstić information content (AvgIpc) is 2.96. The number of carboxylic acid groups (broad SMARTS) is 1. The fourth-order valence-electron chi connectivity index (χ4n) is 2.29. The minimum absolute atomic E-state index is 0.300. The Morgan fingerprint density at radius 1 is 1.36 bits per heavy atom. The van der Waals surface area contributed by atoms with Crippen molar-refractivity contribution in [3.05, 3.63) is 61.9 Å². The van der Waals surface area contributed by atoms with Crippen LogP contribution in [0.15, 0.2) is 50.8 Å². The quantitative estimate of drug-likeness (QED) is 0.601. The molecule has 6 nitrogen and oxygen atoms in total. The van der Waals surface area contributed by atoms with Gasteiger partial charge < -0.3 is 15.2 Å². The number of thioether (sulfide) groups is 1. The molecule has 0 aromatic heterocycles. The zero-order valence-electron chi connectivity index (χ0n) is 14.5. The number of aryl methyl sites for hydroxylation is 1. The molecule has 0 radical (unpaired) electrons. The summed E-state index contributed by atoms with van der Waals surface area (Å²) in [6.45, 7) is 1.42. The largest absolute Gasteiger partial charge is 0.481 e. The van der Waals surface area contributed by atoms with E-state index in [0.29, 0.717) is 32.1 Å². The lowest BCUT2D eigenvalue weighted by Gasteiger charge is -2.08. The molecule has 1 amide bonds. The van der Waals surface area contributed by atoms with E-state index in [2.05, 4.69) is 26.2 Å². The van der Waals surface area contributed by atoms with E-state index in [1.54, 1.807) is 30.3 Å². The molecule has 1 heterocycles. The van der Waals surface area contributed by atoms with E-state index in [1.165, 1.54) is 11.8 Å². The summed E-state index contributed by atoms with van der Waals surface area (Å²) in [5, 5.41) is 12.6. The summed E-state index contributed by atoms with van der Waals surface area (Å²) < 4.78 is 6.07. The van der Waals surface area contributed by atoms with Crippen LogP contribution in [0.1, 0.15) is 11.1 Å². The number of rotatable bonds is 5. The number of halogens is 2. The number of amides is 1. The lowest BCUT2D eigenvalue weighted by molar-refractivity contribution is -0.139. The summed E-state index contributed by atoms with van der Waals surface area (Å²) >= 11 is 10.7. The number of benzene rings is 2. The molecular weight excluding hydrogens is 468 g/mol. The van der Waals surface area contributed by atoms with Gasteiger partial charge in [0.05, 0.1) is 10.6 Å². The number of carbonyl (C=O) groups is 2. The maximum absolute atomic E-state index is 12.3. The molecule has 2 aromatic carbocycles. The third-order valence-corrected chi connectivity index (χ3v) is 5.46. The Bertz CT molecular complexity index is 1020. The zero-order chi connectivity index (χ0) is 20.3. The van der Waals surface area contributed by atoms with Gasteiger partial charge in [-0.15, -0.1) is 0 Å². The predicted molar refractivity (Wildman–Crippen MR) is 114 cm³/mol. The minimum Gasteiger partial charge on any atom is -0.481 e. The number of nitrogens with one attached hydrogen (secondary N) is 1. The van der Waals surface area contributed by atoms with Crippen molar-refractivity contribution in [1.29, 1.82) is 0 Å². The molecule has 0 unspecified atom stereocenters. The number of amidine groups is 1. The number of hydrogen-bond acceptors (Lipinski definition) is 5. The molecule has 1 aliphatic rings. The van der Waals surface area contributed by atoms with Crippen LogP contribution >= 0.6 is 39.3 Å². The summed E-state index contributed by atoms with van der Waals surface area (Å²) in [5.41, 5.74) is 2.15. The molecule has 144 valence electrons. The van der Waals surface area contributed by atoms with Crippen molar-refractivity contribution in [2.75, 3.05) is 6.61 Å². The van der Waals surface area contributed by atoms with E-state index in [-0.39, 0.29) is 5.91 Å². The number of carbonyl (C=O) groups excluding carboxylic acids is 1. The Morgan fingerprint density at radius 2 is 2.14 bits per heavy atom. The van der Waals surface area contributed by atoms with E-state index in [1.807, 2.05) is 19.1 Å². The number of hydrogen-bond donors (Lipinski definition) is 2. The number of aliphatic imine (C=N–C) groups is 1. The van der Waals surface area contributed by atoms with E-state index >= 15 is 0 Å². The van der Waals surface area contributed by atoms with E-state index in [4.69, 9.17) is 21.4 Å². The monoisotopic (exact) mass is 480 g/mol.